The molecule has 1 aliphatic carbocycles. The number of ether oxygens (including phenoxy) is 1. The lowest BCUT2D eigenvalue weighted by atomic mass is 9.87. The fourth-order valence-corrected chi connectivity index (χ4v) is 2.46. The van der Waals surface area contributed by atoms with Crippen LogP contribution in [0.4, 0.5) is 5.69 Å². The molecule has 0 saturated carbocycles. The number of hydrogen-bond donors (Lipinski definition) is 2. The van der Waals surface area contributed by atoms with E-state index < -0.39 is 23.8 Å². The number of para-hydroxylation sites is 1. The first-order valence-corrected chi connectivity index (χ1v) is 6.96. The third-order valence-corrected chi connectivity index (χ3v) is 3.58. The number of carboxylic acid groups (broad SMARTS) is 1. The Hall–Kier alpha value is -2.63. The van der Waals surface area contributed by atoms with Gasteiger partial charge in [0.15, 0.2) is 0 Å². The molecule has 0 radical (unpaired) electrons. The number of aliphatic carboxylic acids is 1. The molecule has 0 bridgehead atoms. The molecule has 0 heterocycles. The van der Waals surface area contributed by atoms with Gasteiger partial charge in [-0.25, -0.2) is 4.79 Å². The highest BCUT2D eigenvalue weighted by Crippen LogP contribution is 2.27. The number of carbonyl (C=O) groups excluding carboxylic acids is 2. The summed E-state index contributed by atoms with van der Waals surface area (Å²) in [6.07, 6.45) is 3.50. The maximum Gasteiger partial charge on any atom is 0.339 e. The van der Waals surface area contributed by atoms with Gasteiger partial charge in [0.25, 0.3) is 5.91 Å². The molecule has 1 aromatic carbocycles. The molecule has 6 nitrogen and oxygen atoms in total. The number of esters is 1. The third kappa shape index (κ3) is 3.33. The number of hydrogen-bond acceptors (Lipinski definition) is 4. The minimum absolute atomic E-state index is 0.224. The second-order valence-corrected chi connectivity index (χ2v) is 4.97. The molecule has 2 rings (SSSR count). The summed E-state index contributed by atoms with van der Waals surface area (Å²) in [6.45, 7) is 0. The molecular formula is C16H17NO5. The monoisotopic (exact) mass is 303 g/mol. The van der Waals surface area contributed by atoms with Crippen molar-refractivity contribution in [3.8, 4) is 0 Å². The summed E-state index contributed by atoms with van der Waals surface area (Å²) < 4.78 is 4.66. The Morgan fingerprint density at radius 2 is 2.00 bits per heavy atom. The molecule has 1 aliphatic rings. The largest absolute Gasteiger partial charge is 0.481 e. The summed E-state index contributed by atoms with van der Waals surface area (Å²) in [5.41, 5.74) is 0.759. The smallest absolute Gasteiger partial charge is 0.339 e. The van der Waals surface area contributed by atoms with Crippen molar-refractivity contribution in [1.29, 1.82) is 0 Å². The fraction of sp³-hybridized carbons (Fsp3) is 0.312. The molecule has 1 amide bonds. The summed E-state index contributed by atoms with van der Waals surface area (Å²) in [6, 6.07) is 6.43. The highest BCUT2D eigenvalue weighted by atomic mass is 16.5. The summed E-state index contributed by atoms with van der Waals surface area (Å²) >= 11 is 0. The van der Waals surface area contributed by atoms with Crippen LogP contribution in [0.2, 0.25) is 0 Å². The molecule has 2 N–H and O–H groups in total. The van der Waals surface area contributed by atoms with E-state index in [1.807, 2.05) is 0 Å². The Bertz CT molecular complexity index is 635. The predicted octanol–water partition coefficient (Wildman–Crippen LogP) is 2.22. The van der Waals surface area contributed by atoms with E-state index in [1.54, 1.807) is 24.3 Å². The number of nitrogens with one attached hydrogen (secondary N) is 1. The number of allylic oxidation sites excluding steroid dienone is 1. The van der Waals surface area contributed by atoms with Crippen molar-refractivity contribution >= 4 is 23.5 Å². The summed E-state index contributed by atoms with van der Waals surface area (Å²) in [5, 5.41) is 11.8. The van der Waals surface area contributed by atoms with Crippen LogP contribution >= 0.6 is 0 Å². The van der Waals surface area contributed by atoms with Gasteiger partial charge < -0.3 is 15.2 Å². The number of amides is 1. The molecule has 116 valence electrons. The van der Waals surface area contributed by atoms with Crippen LogP contribution in [-0.2, 0) is 14.3 Å². The first-order chi connectivity index (χ1) is 10.5. The molecule has 1 aromatic rings. The summed E-state index contributed by atoms with van der Waals surface area (Å²) in [5.74, 6) is -2.88. The third-order valence-electron chi connectivity index (χ3n) is 3.58. The first kappa shape index (κ1) is 15.8. The maximum atomic E-state index is 12.4. The number of anilines is 1. The Labute approximate surface area is 127 Å². The van der Waals surface area contributed by atoms with Gasteiger partial charge in [0, 0.05) is 5.57 Å². The number of methoxy groups -OCH3 is 1. The molecule has 6 heteroatoms. The van der Waals surface area contributed by atoms with Gasteiger partial charge in [-0.3, -0.25) is 9.59 Å². The quantitative estimate of drug-likeness (QED) is 0.832. The second-order valence-electron chi connectivity index (χ2n) is 4.97. The van der Waals surface area contributed by atoms with Gasteiger partial charge in [-0.1, -0.05) is 18.2 Å². The van der Waals surface area contributed by atoms with Gasteiger partial charge in [0.1, 0.15) is 0 Å². The molecule has 0 fully saturated rings. The van der Waals surface area contributed by atoms with Crippen molar-refractivity contribution in [3.63, 3.8) is 0 Å². The zero-order chi connectivity index (χ0) is 16.1. The lowest BCUT2D eigenvalue weighted by Gasteiger charge is -2.20. The Kier molecular flexibility index (Phi) is 4.93. The zero-order valence-corrected chi connectivity index (χ0v) is 12.2. The van der Waals surface area contributed by atoms with Crippen molar-refractivity contribution in [2.24, 2.45) is 5.92 Å². The number of carboxylic acids is 1. The van der Waals surface area contributed by atoms with Crippen LogP contribution in [-0.4, -0.2) is 30.1 Å². The molecule has 22 heavy (non-hydrogen) atoms. The van der Waals surface area contributed by atoms with E-state index in [4.69, 9.17) is 0 Å². The molecule has 0 spiro atoms. The average molecular weight is 303 g/mol. The molecule has 0 unspecified atom stereocenters. The molecule has 0 aromatic heterocycles. The second kappa shape index (κ2) is 6.89. The van der Waals surface area contributed by atoms with Crippen LogP contribution in [0, 0.1) is 5.92 Å². The zero-order valence-electron chi connectivity index (χ0n) is 12.2. The van der Waals surface area contributed by atoms with Crippen LogP contribution in [0.15, 0.2) is 35.9 Å². The molecule has 1 atom stereocenters. The van der Waals surface area contributed by atoms with Crippen LogP contribution in [0.5, 0.6) is 0 Å². The van der Waals surface area contributed by atoms with Crippen molar-refractivity contribution in [3.05, 3.63) is 41.5 Å². The highest BCUT2D eigenvalue weighted by molar-refractivity contribution is 6.09. The topological polar surface area (TPSA) is 92.7 Å². The van der Waals surface area contributed by atoms with E-state index in [1.165, 1.54) is 13.2 Å². The first-order valence-electron chi connectivity index (χ1n) is 6.96. The number of benzene rings is 1. The van der Waals surface area contributed by atoms with Gasteiger partial charge in [-0.2, -0.15) is 0 Å². The van der Waals surface area contributed by atoms with Crippen molar-refractivity contribution < 1.29 is 24.2 Å². The standard InChI is InChI=1S/C16H17NO5/c1-22-16(21)12-8-4-5-9-13(12)17-14(18)10-6-2-3-7-11(10)15(19)20/h4-6,8-9,11H,2-3,7H2,1H3,(H,17,18)(H,19,20)/t11-/m1/s1. The lowest BCUT2D eigenvalue weighted by molar-refractivity contribution is -0.141. The Morgan fingerprint density at radius 3 is 2.68 bits per heavy atom. The van der Waals surface area contributed by atoms with E-state index in [2.05, 4.69) is 10.1 Å². The van der Waals surface area contributed by atoms with E-state index in [-0.39, 0.29) is 11.1 Å². The number of carbonyl (C=O) groups is 3. The van der Waals surface area contributed by atoms with E-state index >= 15 is 0 Å². The maximum absolute atomic E-state index is 12.4. The highest BCUT2D eigenvalue weighted by Gasteiger charge is 2.29. The number of rotatable bonds is 4. The Balaban J connectivity index is 2.24. The van der Waals surface area contributed by atoms with Crippen LogP contribution < -0.4 is 5.32 Å². The molecular weight excluding hydrogens is 286 g/mol. The Morgan fingerprint density at radius 1 is 1.27 bits per heavy atom. The molecule has 0 aliphatic heterocycles. The van der Waals surface area contributed by atoms with Gasteiger partial charge >= 0.3 is 11.9 Å². The van der Waals surface area contributed by atoms with Crippen LogP contribution in [0.1, 0.15) is 29.6 Å². The normalized spacial score (nSPS) is 17.3. The fourth-order valence-electron chi connectivity index (χ4n) is 2.46. The summed E-state index contributed by atoms with van der Waals surface area (Å²) in [7, 11) is 1.26. The predicted molar refractivity (Wildman–Crippen MR) is 79.5 cm³/mol. The lowest BCUT2D eigenvalue weighted by Crippen LogP contribution is -2.28. The van der Waals surface area contributed by atoms with Crippen molar-refractivity contribution in [1.82, 2.24) is 0 Å². The van der Waals surface area contributed by atoms with Crippen molar-refractivity contribution in [2.45, 2.75) is 19.3 Å². The minimum Gasteiger partial charge on any atom is -0.481 e. The SMILES string of the molecule is COC(=O)c1ccccc1NC(=O)C1=CCCC[C@H]1C(=O)O. The van der Waals surface area contributed by atoms with Gasteiger partial charge in [0.05, 0.1) is 24.3 Å². The summed E-state index contributed by atoms with van der Waals surface area (Å²) in [4.78, 5) is 35.3. The van der Waals surface area contributed by atoms with Gasteiger partial charge in [0.2, 0.25) is 0 Å². The van der Waals surface area contributed by atoms with E-state index in [0.717, 1.165) is 6.42 Å². The van der Waals surface area contributed by atoms with Crippen LogP contribution in [0.25, 0.3) is 0 Å². The minimum atomic E-state index is -1.01. The van der Waals surface area contributed by atoms with Gasteiger partial charge in [-0.05, 0) is 31.4 Å². The van der Waals surface area contributed by atoms with Crippen molar-refractivity contribution in [2.75, 3.05) is 12.4 Å². The van der Waals surface area contributed by atoms with E-state index in [0.29, 0.717) is 18.5 Å². The van der Waals surface area contributed by atoms with Crippen LogP contribution in [0.3, 0.4) is 0 Å². The van der Waals surface area contributed by atoms with E-state index in [9.17, 15) is 19.5 Å². The average Bonchev–Trinajstić information content (AvgIpc) is 2.54. The molecule has 0 saturated heterocycles. The van der Waals surface area contributed by atoms with Gasteiger partial charge in [-0.15, -0.1) is 0 Å².